The first kappa shape index (κ1) is 16.6. The number of carbonyl (C=O) groups excluding carboxylic acids is 1. The molecule has 0 fully saturated rings. The predicted octanol–water partition coefficient (Wildman–Crippen LogP) is 3.50. The summed E-state index contributed by atoms with van der Waals surface area (Å²) in [7, 11) is 1.70. The van der Waals surface area contributed by atoms with Gasteiger partial charge in [0.15, 0.2) is 0 Å². The lowest BCUT2D eigenvalue weighted by Gasteiger charge is -2.17. The lowest BCUT2D eigenvalue weighted by molar-refractivity contribution is 0.0988. The Kier molecular flexibility index (Phi) is 4.99. The molecule has 0 unspecified atom stereocenters. The van der Waals surface area contributed by atoms with Crippen molar-refractivity contribution >= 4 is 17.5 Å². The topological polar surface area (TPSA) is 58.1 Å². The van der Waals surface area contributed by atoms with Gasteiger partial charge in [-0.25, -0.2) is 14.4 Å². The molecule has 6 heteroatoms. The summed E-state index contributed by atoms with van der Waals surface area (Å²) in [6.07, 6.45) is 1.53. The number of hydrogen-bond donors (Lipinski definition) is 1. The van der Waals surface area contributed by atoms with Crippen LogP contribution in [0.2, 0.25) is 0 Å². The van der Waals surface area contributed by atoms with Crippen LogP contribution in [0, 0.1) is 5.82 Å². The highest BCUT2D eigenvalue weighted by atomic mass is 19.1. The van der Waals surface area contributed by atoms with E-state index in [0.29, 0.717) is 18.2 Å². The summed E-state index contributed by atoms with van der Waals surface area (Å²) in [5, 5.41) is 3.04. The Morgan fingerprint density at radius 3 is 2.52 bits per heavy atom. The number of amides is 1. The highest BCUT2D eigenvalue weighted by Gasteiger charge is 2.15. The molecule has 126 valence electrons. The van der Waals surface area contributed by atoms with E-state index in [1.807, 2.05) is 30.3 Å². The van der Waals surface area contributed by atoms with Crippen molar-refractivity contribution in [2.24, 2.45) is 0 Å². The number of nitrogens with one attached hydrogen (secondary N) is 1. The van der Waals surface area contributed by atoms with Crippen molar-refractivity contribution in [1.29, 1.82) is 0 Å². The Bertz CT molecular complexity index is 853. The van der Waals surface area contributed by atoms with Gasteiger partial charge in [-0.2, -0.15) is 0 Å². The maximum absolute atomic E-state index is 12.9. The van der Waals surface area contributed by atoms with Gasteiger partial charge in [-0.05, 0) is 35.9 Å². The molecule has 1 amide bonds. The van der Waals surface area contributed by atoms with E-state index in [-0.39, 0.29) is 11.7 Å². The molecule has 0 radical (unpaired) electrons. The van der Waals surface area contributed by atoms with E-state index in [1.54, 1.807) is 25.2 Å². The fourth-order valence-electron chi connectivity index (χ4n) is 2.29. The van der Waals surface area contributed by atoms with Gasteiger partial charge in [0.05, 0.1) is 0 Å². The van der Waals surface area contributed by atoms with Crippen molar-refractivity contribution in [2.75, 3.05) is 17.3 Å². The van der Waals surface area contributed by atoms with Gasteiger partial charge < -0.3 is 10.2 Å². The van der Waals surface area contributed by atoms with E-state index >= 15 is 0 Å². The zero-order chi connectivity index (χ0) is 17.6. The molecular formula is C19H17FN4O. The van der Waals surface area contributed by atoms with Gasteiger partial charge >= 0.3 is 0 Å². The van der Waals surface area contributed by atoms with Gasteiger partial charge in [-0.1, -0.05) is 30.3 Å². The second kappa shape index (κ2) is 7.53. The molecule has 0 aliphatic heterocycles. The molecule has 0 aliphatic carbocycles. The molecule has 1 heterocycles. The first-order valence-corrected chi connectivity index (χ1v) is 7.78. The minimum absolute atomic E-state index is 0.224. The number of rotatable bonds is 5. The number of hydrogen-bond acceptors (Lipinski definition) is 4. The first-order valence-electron chi connectivity index (χ1n) is 7.78. The van der Waals surface area contributed by atoms with Crippen LogP contribution in [0.15, 0.2) is 66.9 Å². The fraction of sp³-hybridized carbons (Fsp3) is 0.105. The molecule has 3 rings (SSSR count). The maximum Gasteiger partial charge on any atom is 0.276 e. The van der Waals surface area contributed by atoms with E-state index < -0.39 is 0 Å². The summed E-state index contributed by atoms with van der Waals surface area (Å²) in [5.41, 5.74) is 1.97. The molecule has 2 aromatic carbocycles. The van der Waals surface area contributed by atoms with Gasteiger partial charge in [0.2, 0.25) is 5.95 Å². The first-order chi connectivity index (χ1) is 12.1. The molecule has 0 saturated heterocycles. The smallest absolute Gasteiger partial charge is 0.276 e. The molecule has 0 saturated carbocycles. The van der Waals surface area contributed by atoms with Crippen molar-refractivity contribution in [3.05, 3.63) is 83.9 Å². The average molecular weight is 336 g/mol. The molecule has 0 spiro atoms. The zero-order valence-corrected chi connectivity index (χ0v) is 13.7. The van der Waals surface area contributed by atoms with Crippen molar-refractivity contribution < 1.29 is 9.18 Å². The average Bonchev–Trinajstić information content (AvgIpc) is 2.67. The normalized spacial score (nSPS) is 10.3. The summed E-state index contributed by atoms with van der Waals surface area (Å²) >= 11 is 0. The van der Waals surface area contributed by atoms with E-state index in [1.165, 1.54) is 23.2 Å². The summed E-state index contributed by atoms with van der Waals surface area (Å²) in [6.45, 7) is 0.437. The third kappa shape index (κ3) is 4.17. The van der Waals surface area contributed by atoms with Crippen LogP contribution in [0.5, 0.6) is 0 Å². The van der Waals surface area contributed by atoms with Crippen LogP contribution >= 0.6 is 0 Å². The van der Waals surface area contributed by atoms with Gasteiger partial charge in [0.1, 0.15) is 11.5 Å². The summed E-state index contributed by atoms with van der Waals surface area (Å²) in [6, 6.07) is 17.1. The number of para-hydroxylation sites is 1. The van der Waals surface area contributed by atoms with Gasteiger partial charge in [0.25, 0.3) is 5.91 Å². The molecule has 0 bridgehead atoms. The predicted molar refractivity (Wildman–Crippen MR) is 94.9 cm³/mol. The van der Waals surface area contributed by atoms with Crippen molar-refractivity contribution in [1.82, 2.24) is 9.97 Å². The zero-order valence-electron chi connectivity index (χ0n) is 13.7. The number of nitrogens with zero attached hydrogens (tertiary/aromatic N) is 3. The molecule has 3 aromatic rings. The Labute approximate surface area is 145 Å². The fourth-order valence-corrected chi connectivity index (χ4v) is 2.29. The Morgan fingerprint density at radius 1 is 1.08 bits per heavy atom. The lowest BCUT2D eigenvalue weighted by Crippen LogP contribution is -2.27. The Hall–Kier alpha value is -3.28. The van der Waals surface area contributed by atoms with Gasteiger partial charge in [0, 0.05) is 25.5 Å². The second-order valence-corrected chi connectivity index (χ2v) is 5.45. The molecule has 25 heavy (non-hydrogen) atoms. The minimum Gasteiger partial charge on any atom is -0.350 e. The van der Waals surface area contributed by atoms with Crippen LogP contribution < -0.4 is 10.2 Å². The van der Waals surface area contributed by atoms with Gasteiger partial charge in [-0.15, -0.1) is 0 Å². The summed E-state index contributed by atoms with van der Waals surface area (Å²) < 4.78 is 12.9. The van der Waals surface area contributed by atoms with Crippen LogP contribution in [-0.4, -0.2) is 22.9 Å². The van der Waals surface area contributed by atoms with E-state index in [2.05, 4.69) is 15.3 Å². The van der Waals surface area contributed by atoms with Crippen LogP contribution in [0.3, 0.4) is 0 Å². The SMILES string of the molecule is CN(C(=O)c1ccnc(NCc2ccc(F)cc2)n1)c1ccccc1. The molecule has 1 aromatic heterocycles. The van der Waals surface area contributed by atoms with Crippen LogP contribution in [0.1, 0.15) is 16.1 Å². The number of halogens is 1. The third-order valence-corrected chi connectivity index (χ3v) is 3.69. The van der Waals surface area contributed by atoms with Crippen LogP contribution in [-0.2, 0) is 6.54 Å². The Balaban J connectivity index is 1.70. The highest BCUT2D eigenvalue weighted by molar-refractivity contribution is 6.04. The highest BCUT2D eigenvalue weighted by Crippen LogP contribution is 2.14. The van der Waals surface area contributed by atoms with Crippen LogP contribution in [0.4, 0.5) is 16.0 Å². The molecule has 0 atom stereocenters. The van der Waals surface area contributed by atoms with E-state index in [0.717, 1.165) is 11.3 Å². The van der Waals surface area contributed by atoms with E-state index in [4.69, 9.17) is 0 Å². The lowest BCUT2D eigenvalue weighted by atomic mass is 10.2. The standard InChI is InChI=1S/C19H17FN4O/c1-24(16-5-3-2-4-6-16)18(25)17-11-12-21-19(23-17)22-13-14-7-9-15(20)10-8-14/h2-12H,13H2,1H3,(H,21,22,23). The third-order valence-electron chi connectivity index (χ3n) is 3.69. The largest absolute Gasteiger partial charge is 0.350 e. The minimum atomic E-state index is -0.281. The summed E-state index contributed by atoms with van der Waals surface area (Å²) in [5.74, 6) is -0.161. The number of carbonyl (C=O) groups is 1. The van der Waals surface area contributed by atoms with Crippen molar-refractivity contribution in [3.63, 3.8) is 0 Å². The molecule has 1 N–H and O–H groups in total. The monoisotopic (exact) mass is 336 g/mol. The Morgan fingerprint density at radius 2 is 1.80 bits per heavy atom. The summed E-state index contributed by atoms with van der Waals surface area (Å²) in [4.78, 5) is 22.5. The number of anilines is 2. The number of aromatic nitrogens is 2. The quantitative estimate of drug-likeness (QED) is 0.775. The second-order valence-electron chi connectivity index (χ2n) is 5.45. The maximum atomic E-state index is 12.9. The van der Waals surface area contributed by atoms with Crippen molar-refractivity contribution in [3.8, 4) is 0 Å². The molecular weight excluding hydrogens is 319 g/mol. The van der Waals surface area contributed by atoms with Crippen LogP contribution in [0.25, 0.3) is 0 Å². The van der Waals surface area contributed by atoms with Crippen molar-refractivity contribution in [2.45, 2.75) is 6.54 Å². The van der Waals surface area contributed by atoms with E-state index in [9.17, 15) is 9.18 Å². The molecule has 5 nitrogen and oxygen atoms in total. The number of benzene rings is 2. The molecule has 0 aliphatic rings. The van der Waals surface area contributed by atoms with Gasteiger partial charge in [-0.3, -0.25) is 4.79 Å².